The molecular formula is C13H13Cl2NS2. The molecule has 5 heteroatoms. The van der Waals surface area contributed by atoms with Gasteiger partial charge < -0.3 is 0 Å². The average molecular weight is 318 g/mol. The molecule has 2 atom stereocenters. The Labute approximate surface area is 126 Å². The molecule has 1 heterocycles. The Morgan fingerprint density at radius 3 is 2.61 bits per heavy atom. The normalized spacial score (nSPS) is 26.8. The van der Waals surface area contributed by atoms with Crippen LogP contribution < -0.4 is 0 Å². The van der Waals surface area contributed by atoms with Gasteiger partial charge in [0.2, 0.25) is 0 Å². The highest BCUT2D eigenvalue weighted by atomic mass is 35.5. The molecule has 0 amide bonds. The zero-order valence-corrected chi connectivity index (χ0v) is 12.8. The van der Waals surface area contributed by atoms with Crippen molar-refractivity contribution in [3.8, 4) is 0 Å². The van der Waals surface area contributed by atoms with E-state index >= 15 is 0 Å². The Morgan fingerprint density at radius 1 is 1.33 bits per heavy atom. The lowest BCUT2D eigenvalue weighted by Crippen LogP contribution is -2.04. The zero-order chi connectivity index (χ0) is 12.6. The predicted molar refractivity (Wildman–Crippen MR) is 84.1 cm³/mol. The van der Waals surface area contributed by atoms with Gasteiger partial charge in [0.15, 0.2) is 0 Å². The number of benzene rings is 1. The summed E-state index contributed by atoms with van der Waals surface area (Å²) in [6.07, 6.45) is 0.876. The highest BCUT2D eigenvalue weighted by molar-refractivity contribution is 8.39. The lowest BCUT2D eigenvalue weighted by atomic mass is 10.1. The standard InChI is InChI=1S/C13H13Cl2NS2/c14-13(15)8-10(13)11(9-4-2-1-3-5-9)18-12-16-6-7-17-12/h1-5,10-11H,6-8H2. The topological polar surface area (TPSA) is 12.4 Å². The van der Waals surface area contributed by atoms with Gasteiger partial charge in [-0.1, -0.05) is 53.9 Å². The number of nitrogens with zero attached hydrogens (tertiary/aromatic N) is 1. The number of aliphatic imine (C=N–C) groups is 1. The first-order chi connectivity index (χ1) is 8.67. The Hall–Kier alpha value is 0.170. The number of thioether (sulfide) groups is 2. The first-order valence-corrected chi connectivity index (χ1v) is 8.55. The monoisotopic (exact) mass is 317 g/mol. The van der Waals surface area contributed by atoms with Crippen LogP contribution in [-0.4, -0.2) is 21.0 Å². The van der Waals surface area contributed by atoms with Gasteiger partial charge in [-0.25, -0.2) is 0 Å². The second-order valence-electron chi connectivity index (χ2n) is 4.52. The minimum absolute atomic E-state index is 0.325. The number of alkyl halides is 2. The molecule has 1 fully saturated rings. The SMILES string of the molecule is ClC1(Cl)CC1C(SC1=NCCS1)c1ccccc1. The lowest BCUT2D eigenvalue weighted by Gasteiger charge is -2.17. The molecule has 18 heavy (non-hydrogen) atoms. The van der Waals surface area contributed by atoms with Gasteiger partial charge in [-0.15, -0.1) is 23.2 Å². The molecule has 0 N–H and O–H groups in total. The van der Waals surface area contributed by atoms with Gasteiger partial charge in [0.05, 0.1) is 6.54 Å². The summed E-state index contributed by atoms with van der Waals surface area (Å²) in [5.41, 5.74) is 1.30. The van der Waals surface area contributed by atoms with Crippen LogP contribution in [0.25, 0.3) is 0 Å². The molecule has 3 rings (SSSR count). The van der Waals surface area contributed by atoms with Gasteiger partial charge in [-0.3, -0.25) is 4.99 Å². The highest BCUT2D eigenvalue weighted by Gasteiger charge is 2.56. The third kappa shape index (κ3) is 2.84. The fourth-order valence-corrected chi connectivity index (χ4v) is 5.36. The fourth-order valence-electron chi connectivity index (χ4n) is 2.08. The Balaban J connectivity index is 1.80. The maximum Gasteiger partial charge on any atom is 0.125 e. The molecule has 2 unspecified atom stereocenters. The molecule has 1 nitrogen and oxygen atoms in total. The summed E-state index contributed by atoms with van der Waals surface area (Å²) in [4.78, 5) is 4.52. The van der Waals surface area contributed by atoms with Crippen LogP contribution in [-0.2, 0) is 0 Å². The van der Waals surface area contributed by atoms with Crippen molar-refractivity contribution >= 4 is 51.1 Å². The van der Waals surface area contributed by atoms with Crippen molar-refractivity contribution in [1.29, 1.82) is 0 Å². The number of hydrogen-bond acceptors (Lipinski definition) is 3. The van der Waals surface area contributed by atoms with Crippen molar-refractivity contribution in [2.75, 3.05) is 12.3 Å². The second kappa shape index (κ2) is 5.28. The van der Waals surface area contributed by atoms with Gasteiger partial charge in [-0.2, -0.15) is 0 Å². The quantitative estimate of drug-likeness (QED) is 0.745. The van der Waals surface area contributed by atoms with E-state index in [0.29, 0.717) is 11.2 Å². The van der Waals surface area contributed by atoms with Crippen LogP contribution in [0, 0.1) is 5.92 Å². The van der Waals surface area contributed by atoms with Crippen LogP contribution in [0.3, 0.4) is 0 Å². The molecule has 0 bridgehead atoms. The van der Waals surface area contributed by atoms with E-state index in [2.05, 4.69) is 29.3 Å². The maximum atomic E-state index is 6.24. The largest absolute Gasteiger partial charge is 0.271 e. The molecular weight excluding hydrogens is 305 g/mol. The van der Waals surface area contributed by atoms with E-state index in [1.54, 1.807) is 0 Å². The summed E-state index contributed by atoms with van der Waals surface area (Å²) in [6.45, 7) is 0.937. The van der Waals surface area contributed by atoms with E-state index in [0.717, 1.165) is 18.7 Å². The first-order valence-electron chi connectivity index (χ1n) is 5.93. The van der Waals surface area contributed by atoms with Gasteiger partial charge in [0, 0.05) is 16.9 Å². The van der Waals surface area contributed by atoms with Gasteiger partial charge in [0.1, 0.15) is 8.71 Å². The third-order valence-electron chi connectivity index (χ3n) is 3.15. The second-order valence-corrected chi connectivity index (χ2v) is 8.53. The maximum absolute atomic E-state index is 6.24. The molecule has 1 aliphatic heterocycles. The summed E-state index contributed by atoms with van der Waals surface area (Å²) in [5, 5.41) is 0.325. The van der Waals surface area contributed by atoms with Crippen LogP contribution in [0.1, 0.15) is 17.2 Å². The number of rotatable bonds is 3. The minimum atomic E-state index is -0.544. The predicted octanol–water partition coefficient (Wildman–Crippen LogP) is 4.76. The van der Waals surface area contributed by atoms with E-state index < -0.39 is 4.33 Å². The van der Waals surface area contributed by atoms with Gasteiger partial charge in [-0.05, 0) is 12.0 Å². The number of hydrogen-bond donors (Lipinski definition) is 0. The molecule has 1 aliphatic carbocycles. The van der Waals surface area contributed by atoms with Crippen molar-refractivity contribution in [2.45, 2.75) is 16.0 Å². The first kappa shape index (κ1) is 13.2. The van der Waals surface area contributed by atoms with E-state index in [4.69, 9.17) is 23.2 Å². The molecule has 96 valence electrons. The van der Waals surface area contributed by atoms with E-state index in [9.17, 15) is 0 Å². The smallest absolute Gasteiger partial charge is 0.125 e. The molecule has 0 aromatic heterocycles. The van der Waals surface area contributed by atoms with E-state index in [1.165, 1.54) is 9.94 Å². The molecule has 2 aliphatic rings. The van der Waals surface area contributed by atoms with Crippen molar-refractivity contribution < 1.29 is 0 Å². The summed E-state index contributed by atoms with van der Waals surface area (Å²) < 4.78 is 0.636. The van der Waals surface area contributed by atoms with Crippen molar-refractivity contribution in [1.82, 2.24) is 0 Å². The number of halogens is 2. The molecule has 0 radical (unpaired) electrons. The zero-order valence-electron chi connectivity index (χ0n) is 9.68. The molecule has 0 saturated heterocycles. The minimum Gasteiger partial charge on any atom is -0.271 e. The van der Waals surface area contributed by atoms with Crippen LogP contribution in [0.2, 0.25) is 0 Å². The lowest BCUT2D eigenvalue weighted by molar-refractivity contribution is 0.801. The Kier molecular flexibility index (Phi) is 3.86. The van der Waals surface area contributed by atoms with Gasteiger partial charge in [0.25, 0.3) is 0 Å². The van der Waals surface area contributed by atoms with Crippen molar-refractivity contribution in [2.24, 2.45) is 10.9 Å². The molecule has 1 aromatic carbocycles. The molecule has 1 saturated carbocycles. The summed E-state index contributed by atoms with van der Waals surface area (Å²) >= 11 is 16.1. The summed E-state index contributed by atoms with van der Waals surface area (Å²) in [7, 11) is 0. The van der Waals surface area contributed by atoms with Crippen LogP contribution in [0.4, 0.5) is 0 Å². The molecule has 0 spiro atoms. The molecule has 1 aromatic rings. The highest BCUT2D eigenvalue weighted by Crippen LogP contribution is 2.63. The summed E-state index contributed by atoms with van der Waals surface area (Å²) in [5.74, 6) is 1.43. The van der Waals surface area contributed by atoms with Crippen molar-refractivity contribution in [3.05, 3.63) is 35.9 Å². The van der Waals surface area contributed by atoms with Crippen LogP contribution in [0.5, 0.6) is 0 Å². The van der Waals surface area contributed by atoms with Crippen LogP contribution >= 0.6 is 46.7 Å². The average Bonchev–Trinajstić information content (AvgIpc) is 2.80. The van der Waals surface area contributed by atoms with E-state index in [-0.39, 0.29) is 0 Å². The Morgan fingerprint density at radius 2 is 2.06 bits per heavy atom. The third-order valence-corrected chi connectivity index (χ3v) is 6.61. The van der Waals surface area contributed by atoms with Crippen LogP contribution in [0.15, 0.2) is 35.3 Å². The van der Waals surface area contributed by atoms with Crippen molar-refractivity contribution in [3.63, 3.8) is 0 Å². The Bertz CT molecular complexity index is 461. The fraction of sp³-hybridized carbons (Fsp3) is 0.462. The van der Waals surface area contributed by atoms with E-state index in [1.807, 2.05) is 29.6 Å². The summed E-state index contributed by atoms with van der Waals surface area (Å²) in [6, 6.07) is 10.5. The van der Waals surface area contributed by atoms with Gasteiger partial charge >= 0.3 is 0 Å².